The zero-order valence-electron chi connectivity index (χ0n) is 26.4. The van der Waals surface area contributed by atoms with E-state index in [1.165, 1.54) is 76.6 Å². The van der Waals surface area contributed by atoms with Gasteiger partial charge in [-0.1, -0.05) is 116 Å². The lowest BCUT2D eigenvalue weighted by Gasteiger charge is -2.26. The highest BCUT2D eigenvalue weighted by Crippen LogP contribution is 2.44. The molecular weight excluding hydrogens is 542 g/mol. The molecule has 0 aliphatic carbocycles. The van der Waals surface area contributed by atoms with Crippen LogP contribution in [0.15, 0.2) is 133 Å². The zero-order valence-corrected chi connectivity index (χ0v) is 26.4. The molecule has 0 amide bonds. The molecule has 0 radical (unpaired) electrons. The van der Waals surface area contributed by atoms with Gasteiger partial charge < -0.3 is 4.90 Å². The van der Waals surface area contributed by atoms with Crippen molar-refractivity contribution in [2.75, 3.05) is 4.90 Å². The minimum Gasteiger partial charge on any atom is -0.311 e. The Morgan fingerprint density at radius 2 is 0.978 bits per heavy atom. The summed E-state index contributed by atoms with van der Waals surface area (Å²) in [7, 11) is 0. The lowest BCUT2D eigenvalue weighted by Crippen LogP contribution is -2.10. The molecule has 45 heavy (non-hydrogen) atoms. The van der Waals surface area contributed by atoms with Crippen molar-refractivity contribution in [3.05, 3.63) is 150 Å². The van der Waals surface area contributed by atoms with Crippen LogP contribution < -0.4 is 4.90 Å². The van der Waals surface area contributed by atoms with Crippen molar-refractivity contribution in [2.45, 2.75) is 40.0 Å². The average Bonchev–Trinajstić information content (AvgIpc) is 3.09. The Morgan fingerprint density at radius 3 is 1.60 bits per heavy atom. The quantitative estimate of drug-likeness (QED) is 0.140. The van der Waals surface area contributed by atoms with Gasteiger partial charge in [0.05, 0.1) is 0 Å². The second kappa shape index (κ2) is 10.8. The number of aryl methyl sites for hydroxylation is 2. The van der Waals surface area contributed by atoms with Gasteiger partial charge in [0.2, 0.25) is 0 Å². The number of benzene rings is 8. The van der Waals surface area contributed by atoms with Crippen LogP contribution in [0.3, 0.4) is 0 Å². The van der Waals surface area contributed by atoms with Crippen LogP contribution in [0.4, 0.5) is 17.1 Å². The highest BCUT2D eigenvalue weighted by atomic mass is 15.1. The van der Waals surface area contributed by atoms with E-state index in [0.29, 0.717) is 5.92 Å². The summed E-state index contributed by atoms with van der Waals surface area (Å²) in [6, 6.07) is 49.9. The summed E-state index contributed by atoms with van der Waals surface area (Å²) in [5.41, 5.74) is 9.95. The smallest absolute Gasteiger partial charge is 0.0462 e. The Bertz CT molecular complexity index is 2290. The van der Waals surface area contributed by atoms with Crippen molar-refractivity contribution in [2.24, 2.45) is 0 Å². The maximum absolute atomic E-state index is 2.36. The maximum atomic E-state index is 2.36. The third-order valence-corrected chi connectivity index (χ3v) is 9.94. The first-order valence-electron chi connectivity index (χ1n) is 16.2. The first-order valence-corrected chi connectivity index (χ1v) is 16.2. The van der Waals surface area contributed by atoms with Gasteiger partial charge in [-0.3, -0.25) is 0 Å². The minimum atomic E-state index is 0.554. The molecule has 8 aromatic carbocycles. The van der Waals surface area contributed by atoms with E-state index < -0.39 is 0 Å². The lowest BCUT2D eigenvalue weighted by atomic mass is 9.86. The summed E-state index contributed by atoms with van der Waals surface area (Å²) in [5.74, 6) is 0.554. The van der Waals surface area contributed by atoms with Gasteiger partial charge in [-0.25, -0.2) is 0 Å². The van der Waals surface area contributed by atoms with E-state index in [2.05, 4.69) is 166 Å². The fraction of sp³-hybridized carbons (Fsp3) is 0.136. The third-order valence-electron chi connectivity index (χ3n) is 9.94. The van der Waals surface area contributed by atoms with Crippen molar-refractivity contribution in [1.82, 2.24) is 0 Å². The van der Waals surface area contributed by atoms with E-state index in [4.69, 9.17) is 0 Å². The Hall–Kier alpha value is -5.14. The molecular formula is C44H37N. The Kier molecular flexibility index (Phi) is 6.57. The Morgan fingerprint density at radius 1 is 0.489 bits per heavy atom. The van der Waals surface area contributed by atoms with Crippen LogP contribution in [0.2, 0.25) is 0 Å². The van der Waals surface area contributed by atoms with Crippen molar-refractivity contribution in [1.29, 1.82) is 0 Å². The summed E-state index contributed by atoms with van der Waals surface area (Å²) in [4.78, 5) is 2.36. The predicted molar refractivity (Wildman–Crippen MR) is 196 cm³/mol. The fourth-order valence-electron chi connectivity index (χ4n) is 7.23. The standard InChI is InChI=1S/C44H37N/c1-5-29(3)31-15-21-34(22-16-31)45(33-19-12-28(2)13-20-33)35-23-17-32(18-24-35)37-26-27-42-39-10-6-8-36-30(4)14-25-41(43(36)39)40-11-7-9-38(37)44(40)42/h6-27,29H,5H2,1-4H3. The van der Waals surface area contributed by atoms with Crippen LogP contribution in [0.5, 0.6) is 0 Å². The first kappa shape index (κ1) is 27.4. The van der Waals surface area contributed by atoms with Crippen LogP contribution in [-0.4, -0.2) is 0 Å². The topological polar surface area (TPSA) is 3.24 Å². The average molecular weight is 580 g/mol. The number of nitrogens with zero attached hydrogens (tertiary/aromatic N) is 1. The van der Waals surface area contributed by atoms with E-state index in [0.717, 1.165) is 17.8 Å². The molecule has 0 fully saturated rings. The minimum absolute atomic E-state index is 0.554. The van der Waals surface area contributed by atoms with Crippen molar-refractivity contribution in [3.63, 3.8) is 0 Å². The molecule has 1 unspecified atom stereocenters. The molecule has 1 nitrogen and oxygen atoms in total. The van der Waals surface area contributed by atoms with Gasteiger partial charge in [0.1, 0.15) is 0 Å². The summed E-state index contributed by atoms with van der Waals surface area (Å²) >= 11 is 0. The van der Waals surface area contributed by atoms with E-state index >= 15 is 0 Å². The Labute approximate surface area is 265 Å². The van der Waals surface area contributed by atoms with E-state index in [1.807, 2.05) is 0 Å². The molecule has 0 aliphatic heterocycles. The summed E-state index contributed by atoms with van der Waals surface area (Å²) in [6.45, 7) is 8.91. The highest BCUT2D eigenvalue weighted by molar-refractivity contribution is 6.34. The van der Waals surface area contributed by atoms with Crippen LogP contribution in [0, 0.1) is 13.8 Å². The summed E-state index contributed by atoms with van der Waals surface area (Å²) in [6.07, 6.45) is 1.14. The molecule has 8 rings (SSSR count). The fourth-order valence-corrected chi connectivity index (χ4v) is 7.23. The molecule has 1 atom stereocenters. The van der Waals surface area contributed by atoms with Crippen LogP contribution in [-0.2, 0) is 0 Å². The maximum Gasteiger partial charge on any atom is 0.0462 e. The predicted octanol–water partition coefficient (Wildman–Crippen LogP) is 13.0. The summed E-state index contributed by atoms with van der Waals surface area (Å²) < 4.78 is 0. The molecule has 0 saturated heterocycles. The first-order chi connectivity index (χ1) is 22.0. The van der Waals surface area contributed by atoms with Gasteiger partial charge in [-0.2, -0.15) is 0 Å². The van der Waals surface area contributed by atoms with Crippen LogP contribution in [0.25, 0.3) is 54.2 Å². The van der Waals surface area contributed by atoms with Gasteiger partial charge in [-0.15, -0.1) is 0 Å². The number of hydrogen-bond donors (Lipinski definition) is 0. The van der Waals surface area contributed by atoms with Crippen LogP contribution in [0.1, 0.15) is 42.9 Å². The molecule has 8 aromatic rings. The molecule has 0 bridgehead atoms. The molecule has 0 saturated carbocycles. The molecule has 0 spiro atoms. The second-order valence-electron chi connectivity index (χ2n) is 12.7. The van der Waals surface area contributed by atoms with Gasteiger partial charge in [0, 0.05) is 17.1 Å². The van der Waals surface area contributed by atoms with E-state index in [1.54, 1.807) is 0 Å². The van der Waals surface area contributed by atoms with Crippen LogP contribution >= 0.6 is 0 Å². The van der Waals surface area contributed by atoms with Crippen molar-refractivity contribution < 1.29 is 0 Å². The number of fused-ring (bicyclic) bond motifs is 2. The van der Waals surface area contributed by atoms with E-state index in [9.17, 15) is 0 Å². The van der Waals surface area contributed by atoms with Crippen molar-refractivity contribution in [3.8, 4) is 11.1 Å². The van der Waals surface area contributed by atoms with Gasteiger partial charge in [-0.05, 0) is 128 Å². The molecule has 1 heteroatoms. The summed E-state index contributed by atoms with van der Waals surface area (Å²) in [5, 5.41) is 10.7. The number of rotatable bonds is 6. The normalized spacial score (nSPS) is 12.4. The molecule has 0 N–H and O–H groups in total. The van der Waals surface area contributed by atoms with Crippen molar-refractivity contribution >= 4 is 60.2 Å². The molecule has 0 aromatic heterocycles. The SMILES string of the molecule is CCC(C)c1ccc(N(c2ccc(C)cc2)c2ccc(-c3ccc4c5cccc6c(C)ccc(c7cccc3c74)c65)cc2)cc1. The largest absolute Gasteiger partial charge is 0.311 e. The van der Waals surface area contributed by atoms with Gasteiger partial charge >= 0.3 is 0 Å². The van der Waals surface area contributed by atoms with Gasteiger partial charge in [0.25, 0.3) is 0 Å². The second-order valence-corrected chi connectivity index (χ2v) is 12.7. The Balaban J connectivity index is 1.26. The lowest BCUT2D eigenvalue weighted by molar-refractivity contribution is 0.733. The van der Waals surface area contributed by atoms with E-state index in [-0.39, 0.29) is 0 Å². The molecule has 0 aliphatic rings. The zero-order chi connectivity index (χ0) is 30.7. The van der Waals surface area contributed by atoms with Gasteiger partial charge in [0.15, 0.2) is 0 Å². The molecule has 0 heterocycles. The molecule has 218 valence electrons. The number of anilines is 3. The third kappa shape index (κ3) is 4.46. The highest BCUT2D eigenvalue weighted by Gasteiger charge is 2.17. The number of hydrogen-bond acceptors (Lipinski definition) is 1. The monoisotopic (exact) mass is 579 g/mol.